The third kappa shape index (κ3) is 3.34. The fourth-order valence-corrected chi connectivity index (χ4v) is 2.63. The van der Waals surface area contributed by atoms with E-state index in [4.69, 9.17) is 11.6 Å². The van der Waals surface area contributed by atoms with E-state index in [0.717, 1.165) is 11.1 Å². The Labute approximate surface area is 124 Å². The standard InChI is InChI=1S/C15H12BrClF2/c1-9-5-6-10(7-13(9)17)12(16)8-11-14(18)3-2-4-15(11)19/h2-7,12H,8H2,1H3. The number of aryl methyl sites for hydroxylation is 1. The predicted molar refractivity (Wildman–Crippen MR) is 77.9 cm³/mol. The molecule has 100 valence electrons. The predicted octanol–water partition coefficient (Wildman–Crippen LogP) is 5.61. The Bertz CT molecular complexity index is 578. The van der Waals surface area contributed by atoms with Gasteiger partial charge in [0.15, 0.2) is 0 Å². The summed E-state index contributed by atoms with van der Waals surface area (Å²) in [5.74, 6) is -1.05. The smallest absolute Gasteiger partial charge is 0.129 e. The van der Waals surface area contributed by atoms with Gasteiger partial charge in [0, 0.05) is 15.4 Å². The largest absolute Gasteiger partial charge is 0.207 e. The van der Waals surface area contributed by atoms with Crippen molar-refractivity contribution in [3.63, 3.8) is 0 Å². The molecule has 0 aromatic heterocycles. The van der Waals surface area contributed by atoms with Crippen molar-refractivity contribution in [3.8, 4) is 0 Å². The van der Waals surface area contributed by atoms with E-state index in [2.05, 4.69) is 15.9 Å². The molecule has 0 fully saturated rings. The molecule has 0 aliphatic carbocycles. The van der Waals surface area contributed by atoms with Gasteiger partial charge >= 0.3 is 0 Å². The van der Waals surface area contributed by atoms with E-state index < -0.39 is 11.6 Å². The van der Waals surface area contributed by atoms with Gasteiger partial charge in [-0.2, -0.15) is 0 Å². The van der Waals surface area contributed by atoms with Crippen molar-refractivity contribution in [3.05, 3.63) is 69.7 Å². The SMILES string of the molecule is Cc1ccc(C(Br)Cc2c(F)cccc2F)cc1Cl. The molecule has 1 unspecified atom stereocenters. The Morgan fingerprint density at radius 1 is 1.16 bits per heavy atom. The van der Waals surface area contributed by atoms with Gasteiger partial charge in [0.2, 0.25) is 0 Å². The van der Waals surface area contributed by atoms with Crippen LogP contribution in [0.1, 0.15) is 21.5 Å². The fraction of sp³-hybridized carbons (Fsp3) is 0.200. The Morgan fingerprint density at radius 2 is 1.79 bits per heavy atom. The summed E-state index contributed by atoms with van der Waals surface area (Å²) >= 11 is 9.51. The minimum absolute atomic E-state index is 0.0843. The number of benzene rings is 2. The first kappa shape index (κ1) is 14.5. The van der Waals surface area contributed by atoms with Crippen LogP contribution >= 0.6 is 27.5 Å². The van der Waals surface area contributed by atoms with E-state index in [1.807, 2.05) is 25.1 Å². The Morgan fingerprint density at radius 3 is 2.37 bits per heavy atom. The molecule has 0 saturated carbocycles. The van der Waals surface area contributed by atoms with Gasteiger partial charge in [0.25, 0.3) is 0 Å². The molecule has 2 aromatic rings. The van der Waals surface area contributed by atoms with Crippen molar-refractivity contribution < 1.29 is 8.78 Å². The van der Waals surface area contributed by atoms with Crippen molar-refractivity contribution in [2.75, 3.05) is 0 Å². The minimum atomic E-state index is -0.525. The van der Waals surface area contributed by atoms with E-state index in [9.17, 15) is 8.78 Å². The first-order chi connectivity index (χ1) is 8.99. The molecule has 0 radical (unpaired) electrons. The maximum absolute atomic E-state index is 13.6. The molecule has 0 N–H and O–H groups in total. The highest BCUT2D eigenvalue weighted by Gasteiger charge is 2.15. The number of hydrogen-bond donors (Lipinski definition) is 0. The van der Waals surface area contributed by atoms with Crippen LogP contribution in [0, 0.1) is 18.6 Å². The lowest BCUT2D eigenvalue weighted by molar-refractivity contribution is 0.554. The summed E-state index contributed by atoms with van der Waals surface area (Å²) in [4.78, 5) is -0.183. The highest BCUT2D eigenvalue weighted by Crippen LogP contribution is 2.31. The second-order valence-electron chi connectivity index (χ2n) is 4.38. The van der Waals surface area contributed by atoms with E-state index in [0.29, 0.717) is 5.02 Å². The molecular weight excluding hydrogens is 334 g/mol. The molecule has 0 amide bonds. The monoisotopic (exact) mass is 344 g/mol. The molecule has 0 nitrogen and oxygen atoms in total. The Balaban J connectivity index is 2.25. The average molecular weight is 346 g/mol. The van der Waals surface area contributed by atoms with Gasteiger partial charge in [-0.05, 0) is 42.7 Å². The van der Waals surface area contributed by atoms with E-state index in [1.165, 1.54) is 18.2 Å². The Hall–Kier alpha value is -0.930. The fourth-order valence-electron chi connectivity index (χ4n) is 1.83. The van der Waals surface area contributed by atoms with Crippen LogP contribution in [-0.4, -0.2) is 0 Å². The number of hydrogen-bond acceptors (Lipinski definition) is 0. The van der Waals surface area contributed by atoms with Crippen LogP contribution in [0.3, 0.4) is 0 Å². The Kier molecular flexibility index (Phi) is 4.58. The van der Waals surface area contributed by atoms with E-state index in [1.54, 1.807) is 0 Å². The number of halogens is 4. The van der Waals surface area contributed by atoms with Gasteiger partial charge in [-0.15, -0.1) is 0 Å². The van der Waals surface area contributed by atoms with Gasteiger partial charge in [-0.1, -0.05) is 45.7 Å². The number of alkyl halides is 1. The zero-order valence-corrected chi connectivity index (χ0v) is 12.6. The zero-order valence-electron chi connectivity index (χ0n) is 10.3. The molecular formula is C15H12BrClF2. The van der Waals surface area contributed by atoms with Crippen LogP contribution in [0.5, 0.6) is 0 Å². The summed E-state index contributed by atoms with van der Waals surface area (Å²) in [6, 6.07) is 9.50. The summed E-state index contributed by atoms with van der Waals surface area (Å²) in [6.45, 7) is 1.91. The lowest BCUT2D eigenvalue weighted by Gasteiger charge is -2.13. The summed E-state index contributed by atoms with van der Waals surface area (Å²) in [7, 11) is 0. The molecule has 4 heteroatoms. The van der Waals surface area contributed by atoms with Crippen LogP contribution in [-0.2, 0) is 6.42 Å². The lowest BCUT2D eigenvalue weighted by Crippen LogP contribution is -2.01. The molecule has 19 heavy (non-hydrogen) atoms. The van der Waals surface area contributed by atoms with Gasteiger partial charge in [-0.25, -0.2) is 8.78 Å². The van der Waals surface area contributed by atoms with Crippen LogP contribution in [0.15, 0.2) is 36.4 Å². The molecule has 0 spiro atoms. The highest BCUT2D eigenvalue weighted by atomic mass is 79.9. The normalized spacial score (nSPS) is 12.5. The van der Waals surface area contributed by atoms with Crippen LogP contribution < -0.4 is 0 Å². The highest BCUT2D eigenvalue weighted by molar-refractivity contribution is 9.09. The second-order valence-corrected chi connectivity index (χ2v) is 5.89. The molecule has 0 aliphatic rings. The molecule has 0 aliphatic heterocycles. The van der Waals surface area contributed by atoms with Gasteiger partial charge in [0.05, 0.1) is 0 Å². The van der Waals surface area contributed by atoms with Crippen LogP contribution in [0.25, 0.3) is 0 Å². The number of rotatable bonds is 3. The van der Waals surface area contributed by atoms with E-state index in [-0.39, 0.29) is 16.8 Å². The van der Waals surface area contributed by atoms with Crippen molar-refractivity contribution in [2.24, 2.45) is 0 Å². The molecule has 2 aromatic carbocycles. The average Bonchev–Trinajstić information content (AvgIpc) is 2.37. The first-order valence-corrected chi connectivity index (χ1v) is 7.11. The van der Waals surface area contributed by atoms with Crippen LogP contribution in [0.4, 0.5) is 8.78 Å². The summed E-state index contributed by atoms with van der Waals surface area (Å²) in [6.07, 6.45) is 0.234. The van der Waals surface area contributed by atoms with Gasteiger partial charge in [-0.3, -0.25) is 0 Å². The summed E-state index contributed by atoms with van der Waals surface area (Å²) < 4.78 is 27.2. The van der Waals surface area contributed by atoms with E-state index >= 15 is 0 Å². The topological polar surface area (TPSA) is 0 Å². The molecule has 0 heterocycles. The van der Waals surface area contributed by atoms with Crippen molar-refractivity contribution in [1.29, 1.82) is 0 Å². The minimum Gasteiger partial charge on any atom is -0.207 e. The third-order valence-corrected chi connectivity index (χ3v) is 4.26. The third-order valence-electron chi connectivity index (χ3n) is 3.00. The molecule has 0 saturated heterocycles. The maximum Gasteiger partial charge on any atom is 0.129 e. The maximum atomic E-state index is 13.6. The van der Waals surface area contributed by atoms with Gasteiger partial charge in [0.1, 0.15) is 11.6 Å². The van der Waals surface area contributed by atoms with Crippen molar-refractivity contribution in [2.45, 2.75) is 18.2 Å². The molecule has 0 bridgehead atoms. The summed E-state index contributed by atoms with van der Waals surface area (Å²) in [5.41, 5.74) is 1.96. The lowest BCUT2D eigenvalue weighted by atomic mass is 10.0. The van der Waals surface area contributed by atoms with Crippen molar-refractivity contribution >= 4 is 27.5 Å². The quantitative estimate of drug-likeness (QED) is 0.635. The first-order valence-electron chi connectivity index (χ1n) is 5.82. The zero-order chi connectivity index (χ0) is 14.0. The molecule has 1 atom stereocenters. The van der Waals surface area contributed by atoms with Crippen LogP contribution in [0.2, 0.25) is 5.02 Å². The molecule has 2 rings (SSSR count). The second kappa shape index (κ2) is 6.02. The summed E-state index contributed by atoms with van der Waals surface area (Å²) in [5, 5.41) is 0.649. The van der Waals surface area contributed by atoms with Crippen molar-refractivity contribution in [1.82, 2.24) is 0 Å². The van der Waals surface area contributed by atoms with Gasteiger partial charge < -0.3 is 0 Å².